The molecule has 0 aromatic carbocycles. The number of rotatable bonds is 7. The Hall–Kier alpha value is -1.36. The third-order valence-electron chi connectivity index (χ3n) is 3.83. The van der Waals surface area contributed by atoms with Crippen LogP contribution in [0.2, 0.25) is 0 Å². The van der Waals surface area contributed by atoms with E-state index in [2.05, 4.69) is 28.3 Å². The van der Waals surface area contributed by atoms with Crippen molar-refractivity contribution in [2.45, 2.75) is 24.5 Å². The van der Waals surface area contributed by atoms with Crippen LogP contribution in [0.15, 0.2) is 17.2 Å². The van der Waals surface area contributed by atoms with E-state index in [1.807, 2.05) is 0 Å². The number of hydrogen-bond acceptors (Lipinski definition) is 15. The lowest BCUT2D eigenvalue weighted by atomic mass is 10.1. The SMILES string of the molecule is Nc1ncnc2c1ncn2[C@@H]1O[C@H](COP(=O)(O)N=P([O-])([O-])OP(=O)([O-])[O-])[C@@H](O)[C@H]1O. The molecule has 2 aromatic heterocycles. The maximum atomic E-state index is 11.8. The topological polar surface area (TPSA) is 297 Å². The van der Waals surface area contributed by atoms with Crippen LogP contribution >= 0.6 is 23.3 Å². The molecule has 0 amide bonds. The van der Waals surface area contributed by atoms with Gasteiger partial charge in [-0.25, -0.2) is 24.0 Å². The molecule has 21 heteroatoms. The molecule has 1 aliphatic heterocycles. The number of ether oxygens (including phenoxy) is 1. The number of aliphatic hydroxyl groups excluding tert-OH is 2. The van der Waals surface area contributed by atoms with Crippen molar-refractivity contribution in [3.8, 4) is 0 Å². The second-order valence-electron chi connectivity index (χ2n) is 6.00. The first-order chi connectivity index (χ1) is 14.2. The van der Waals surface area contributed by atoms with Crippen LogP contribution in [-0.2, 0) is 22.7 Å². The number of nitrogens with two attached hydrogens (primary N) is 1. The summed E-state index contributed by atoms with van der Waals surface area (Å²) < 4.78 is 38.4. The Morgan fingerprint density at radius 2 is 1.87 bits per heavy atom. The van der Waals surface area contributed by atoms with Crippen LogP contribution in [-0.4, -0.2) is 59.5 Å². The molecular weight excluding hydrogens is 489 g/mol. The summed E-state index contributed by atoms with van der Waals surface area (Å²) in [7, 11) is -17.5. The van der Waals surface area contributed by atoms with E-state index in [0.717, 1.165) is 6.33 Å². The number of nitrogen functional groups attached to an aromatic ring is 1. The molecule has 18 nitrogen and oxygen atoms in total. The van der Waals surface area contributed by atoms with Crippen LogP contribution in [0.4, 0.5) is 5.82 Å². The molecule has 1 aliphatic rings. The predicted octanol–water partition coefficient (Wildman–Crippen LogP) is -4.34. The van der Waals surface area contributed by atoms with Crippen molar-refractivity contribution in [1.82, 2.24) is 19.5 Å². The lowest BCUT2D eigenvalue weighted by Gasteiger charge is -2.44. The Balaban J connectivity index is 1.74. The Kier molecular flexibility index (Phi) is 6.68. The summed E-state index contributed by atoms with van der Waals surface area (Å²) in [6.07, 6.45) is -3.80. The predicted molar refractivity (Wildman–Crippen MR) is 89.5 cm³/mol. The summed E-state index contributed by atoms with van der Waals surface area (Å²) in [4.78, 5) is 64.2. The largest absolute Gasteiger partial charge is 0.806 e. The molecule has 3 heterocycles. The van der Waals surface area contributed by atoms with Crippen LogP contribution in [0, 0.1) is 0 Å². The van der Waals surface area contributed by atoms with Gasteiger partial charge in [-0.2, -0.15) is 0 Å². The van der Waals surface area contributed by atoms with Gasteiger partial charge >= 0.3 is 7.75 Å². The van der Waals surface area contributed by atoms with Crippen molar-refractivity contribution in [3.63, 3.8) is 0 Å². The second-order valence-corrected chi connectivity index (χ2v) is 10.4. The van der Waals surface area contributed by atoms with E-state index in [1.54, 1.807) is 0 Å². The quantitative estimate of drug-likeness (QED) is 0.260. The molecule has 0 saturated carbocycles. The fraction of sp³-hybridized carbons (Fsp3) is 0.500. The molecule has 1 fully saturated rings. The fourth-order valence-electron chi connectivity index (χ4n) is 2.63. The van der Waals surface area contributed by atoms with E-state index in [9.17, 15) is 43.8 Å². The van der Waals surface area contributed by atoms with E-state index in [-0.39, 0.29) is 17.0 Å². The number of nitrogens with zero attached hydrogens (tertiary/aromatic N) is 5. The van der Waals surface area contributed by atoms with Gasteiger partial charge in [0.2, 0.25) is 0 Å². The molecule has 0 bridgehead atoms. The van der Waals surface area contributed by atoms with Crippen LogP contribution in [0.5, 0.6) is 0 Å². The van der Waals surface area contributed by atoms with Gasteiger partial charge in [0.05, 0.1) is 20.8 Å². The third-order valence-corrected chi connectivity index (χ3v) is 7.72. The standard InChI is InChI=1S/C10H15N6O12P3/c11-8-5-9(13-2-12-8)16(3-14-5)10-7(18)6(17)4(27-10)1-26-29(19,20)15-30(21,22)28-31(23,24)25/h2-4,6-7,10,17-18H,1H2,(H5-2,11,12,13,19,20,21,22,23,24,25)/q-2/p-2/t4-,6-,7-,10-/m1/s1. The highest BCUT2D eigenvalue weighted by Gasteiger charge is 2.45. The van der Waals surface area contributed by atoms with E-state index < -0.39 is 54.5 Å². The number of phosphoric acid groups is 1. The van der Waals surface area contributed by atoms with Crippen molar-refractivity contribution in [2.75, 3.05) is 12.3 Å². The lowest BCUT2D eigenvalue weighted by molar-refractivity contribution is -0.357. The zero-order chi connectivity index (χ0) is 23.2. The molecule has 5 atom stereocenters. The molecular formula is C10H13N6O12P3-4. The Bertz CT molecular complexity index is 1110. The Morgan fingerprint density at radius 1 is 1.19 bits per heavy atom. The lowest BCUT2D eigenvalue weighted by Crippen LogP contribution is -2.33. The van der Waals surface area contributed by atoms with Crippen molar-refractivity contribution in [2.24, 2.45) is 4.52 Å². The van der Waals surface area contributed by atoms with Gasteiger partial charge in [0, 0.05) is 0 Å². The van der Waals surface area contributed by atoms with Crippen molar-refractivity contribution in [1.29, 1.82) is 0 Å². The minimum Gasteiger partial charge on any atom is -0.806 e. The first kappa shape index (κ1) is 24.3. The summed E-state index contributed by atoms with van der Waals surface area (Å²) in [6.45, 7) is -0.984. The van der Waals surface area contributed by atoms with E-state index in [1.165, 1.54) is 10.9 Å². The summed E-state index contributed by atoms with van der Waals surface area (Å²) in [6, 6.07) is 0. The molecule has 3 rings (SSSR count). The van der Waals surface area contributed by atoms with Crippen molar-refractivity contribution >= 4 is 40.3 Å². The number of fused-ring (bicyclic) bond motifs is 1. The van der Waals surface area contributed by atoms with E-state index >= 15 is 0 Å². The average Bonchev–Trinajstić information content (AvgIpc) is 3.13. The maximum absolute atomic E-state index is 11.8. The highest BCUT2D eigenvalue weighted by molar-refractivity contribution is 7.65. The highest BCUT2D eigenvalue weighted by Crippen LogP contribution is 2.57. The van der Waals surface area contributed by atoms with Crippen LogP contribution in [0.1, 0.15) is 6.23 Å². The minimum absolute atomic E-state index is 0.0319. The normalized spacial score (nSPS) is 26.8. The number of aromatic nitrogens is 4. The van der Waals surface area contributed by atoms with Crippen molar-refractivity contribution < 1.29 is 57.4 Å². The second kappa shape index (κ2) is 8.53. The summed E-state index contributed by atoms with van der Waals surface area (Å²) in [5.74, 6) is 0.0319. The van der Waals surface area contributed by atoms with Crippen LogP contribution in [0.25, 0.3) is 11.2 Å². The van der Waals surface area contributed by atoms with Gasteiger partial charge < -0.3 is 54.0 Å². The maximum Gasteiger partial charge on any atom is 0.449 e. The number of hydrogen-bond donors (Lipinski definition) is 4. The summed E-state index contributed by atoms with van der Waals surface area (Å²) >= 11 is 0. The van der Waals surface area contributed by atoms with Gasteiger partial charge in [-0.15, -0.1) is 0 Å². The zero-order valence-electron chi connectivity index (χ0n) is 14.8. The molecule has 1 saturated heterocycles. The van der Waals surface area contributed by atoms with Crippen LogP contribution < -0.4 is 25.3 Å². The molecule has 31 heavy (non-hydrogen) atoms. The molecule has 5 N–H and O–H groups in total. The Morgan fingerprint density at radius 3 is 2.52 bits per heavy atom. The van der Waals surface area contributed by atoms with Gasteiger partial charge in [-0.3, -0.25) is 9.09 Å². The first-order valence-electron chi connectivity index (χ1n) is 7.90. The van der Waals surface area contributed by atoms with E-state index in [4.69, 9.17) is 10.5 Å². The minimum atomic E-state index is -6.07. The molecule has 0 radical (unpaired) electrons. The average molecular weight is 502 g/mol. The monoisotopic (exact) mass is 502 g/mol. The third kappa shape index (κ3) is 5.71. The first-order valence-corrected chi connectivity index (χ1v) is 12.4. The van der Waals surface area contributed by atoms with Crippen molar-refractivity contribution in [3.05, 3.63) is 12.7 Å². The Labute approximate surface area is 172 Å². The number of anilines is 1. The number of imidazole rings is 1. The molecule has 174 valence electrons. The van der Waals surface area contributed by atoms with Gasteiger partial charge in [-0.05, 0) is 7.74 Å². The molecule has 0 spiro atoms. The summed E-state index contributed by atoms with van der Waals surface area (Å²) in [5.41, 5.74) is 5.97. The highest BCUT2D eigenvalue weighted by atomic mass is 31.3. The zero-order valence-corrected chi connectivity index (χ0v) is 17.5. The van der Waals surface area contributed by atoms with Gasteiger partial charge in [0.1, 0.15) is 30.2 Å². The summed E-state index contributed by atoms with van der Waals surface area (Å²) in [5, 5.41) is 20.4. The van der Waals surface area contributed by atoms with Crippen LogP contribution in [0.3, 0.4) is 0 Å². The van der Waals surface area contributed by atoms with Gasteiger partial charge in [-0.1, -0.05) is 0 Å². The fourth-order valence-corrected chi connectivity index (χ4v) is 5.72. The molecule has 0 aliphatic carbocycles. The van der Waals surface area contributed by atoms with Gasteiger partial charge in [0.15, 0.2) is 17.7 Å². The molecule has 2 aromatic rings. The van der Waals surface area contributed by atoms with Gasteiger partial charge in [0.25, 0.3) is 0 Å². The van der Waals surface area contributed by atoms with E-state index in [0.29, 0.717) is 0 Å². The molecule has 1 unspecified atom stereocenters. The smallest absolute Gasteiger partial charge is 0.449 e. The number of aliphatic hydroxyl groups is 2.